The van der Waals surface area contributed by atoms with Gasteiger partial charge in [0.25, 0.3) is 0 Å². The molecule has 0 aromatic heterocycles. The fraction of sp³-hybridized carbons (Fsp3) is 0.421. The van der Waals surface area contributed by atoms with E-state index in [1.807, 2.05) is 30.4 Å². The fourth-order valence-corrected chi connectivity index (χ4v) is 2.19. The second kappa shape index (κ2) is 9.96. The molecule has 1 aliphatic heterocycles. The van der Waals surface area contributed by atoms with Gasteiger partial charge in [0.15, 0.2) is 6.29 Å². The zero-order valence-corrected chi connectivity index (χ0v) is 13.5. The lowest BCUT2D eigenvalue weighted by Crippen LogP contribution is -2.33. The predicted molar refractivity (Wildman–Crippen MR) is 88.7 cm³/mol. The van der Waals surface area contributed by atoms with Gasteiger partial charge in [0, 0.05) is 0 Å². The van der Waals surface area contributed by atoms with Crippen molar-refractivity contribution in [3.05, 3.63) is 59.7 Å². The van der Waals surface area contributed by atoms with Crippen LogP contribution in [-0.4, -0.2) is 26.1 Å². The Balaban J connectivity index is 1.68. The lowest BCUT2D eigenvalue weighted by molar-refractivity contribution is -0.232. The van der Waals surface area contributed by atoms with Crippen LogP contribution >= 0.6 is 0 Å². The zero-order chi connectivity index (χ0) is 16.3. The molecule has 1 aromatic rings. The van der Waals surface area contributed by atoms with Crippen molar-refractivity contribution in [2.45, 2.75) is 32.2 Å². The number of benzene rings is 1. The molecule has 1 fully saturated rings. The van der Waals surface area contributed by atoms with Gasteiger partial charge in [-0.3, -0.25) is 0 Å². The van der Waals surface area contributed by atoms with E-state index in [0.717, 1.165) is 18.4 Å². The van der Waals surface area contributed by atoms with E-state index in [0.29, 0.717) is 25.4 Å². The summed E-state index contributed by atoms with van der Waals surface area (Å²) in [6.07, 6.45) is 9.95. The molecule has 23 heavy (non-hydrogen) atoms. The SMILES string of the molecule is CCC/C=C/C=C/CO[C@@H]1CO[C@@H](c2ccc(C#N)cc2)CO1. The maximum Gasteiger partial charge on any atom is 0.181 e. The quantitative estimate of drug-likeness (QED) is 0.716. The summed E-state index contributed by atoms with van der Waals surface area (Å²) in [5.74, 6) is 0. The van der Waals surface area contributed by atoms with Gasteiger partial charge < -0.3 is 14.2 Å². The first kappa shape index (κ1) is 17.4. The summed E-state index contributed by atoms with van der Waals surface area (Å²) < 4.78 is 17.1. The van der Waals surface area contributed by atoms with Gasteiger partial charge in [-0.05, 0) is 24.1 Å². The third-order valence-corrected chi connectivity index (χ3v) is 3.50. The van der Waals surface area contributed by atoms with Gasteiger partial charge in [-0.2, -0.15) is 5.26 Å². The zero-order valence-electron chi connectivity index (χ0n) is 13.5. The Bertz CT molecular complexity index is 549. The van der Waals surface area contributed by atoms with Crippen molar-refractivity contribution in [2.24, 2.45) is 0 Å². The molecule has 0 amide bonds. The molecule has 1 aliphatic rings. The van der Waals surface area contributed by atoms with E-state index in [2.05, 4.69) is 19.1 Å². The first-order valence-corrected chi connectivity index (χ1v) is 8.00. The van der Waals surface area contributed by atoms with Crippen LogP contribution in [0.15, 0.2) is 48.6 Å². The maximum atomic E-state index is 8.80. The van der Waals surface area contributed by atoms with Gasteiger partial charge in [0.05, 0.1) is 31.5 Å². The Hall–Kier alpha value is -1.93. The fourth-order valence-electron chi connectivity index (χ4n) is 2.19. The van der Waals surface area contributed by atoms with Gasteiger partial charge >= 0.3 is 0 Å². The predicted octanol–water partition coefficient (Wildman–Crippen LogP) is 3.90. The molecule has 0 N–H and O–H groups in total. The molecule has 1 heterocycles. The third-order valence-electron chi connectivity index (χ3n) is 3.50. The number of hydrogen-bond acceptors (Lipinski definition) is 4. The summed E-state index contributed by atoms with van der Waals surface area (Å²) in [7, 11) is 0. The maximum absolute atomic E-state index is 8.80. The number of allylic oxidation sites excluding steroid dienone is 3. The topological polar surface area (TPSA) is 51.5 Å². The minimum atomic E-state index is -0.325. The molecule has 4 heteroatoms. The van der Waals surface area contributed by atoms with Crippen LogP contribution in [0.4, 0.5) is 0 Å². The Morgan fingerprint density at radius 3 is 2.61 bits per heavy atom. The van der Waals surface area contributed by atoms with E-state index in [1.54, 1.807) is 12.1 Å². The normalized spacial score (nSPS) is 21.7. The van der Waals surface area contributed by atoms with Crippen LogP contribution in [0.1, 0.15) is 37.0 Å². The summed E-state index contributed by atoms with van der Waals surface area (Å²) in [5, 5.41) is 8.80. The van der Waals surface area contributed by atoms with Gasteiger partial charge in [0.2, 0.25) is 0 Å². The highest BCUT2D eigenvalue weighted by Gasteiger charge is 2.23. The smallest absolute Gasteiger partial charge is 0.181 e. The van der Waals surface area contributed by atoms with Crippen molar-refractivity contribution in [1.29, 1.82) is 5.26 Å². The number of ether oxygens (including phenoxy) is 3. The highest BCUT2D eigenvalue weighted by molar-refractivity contribution is 5.32. The Labute approximate surface area is 138 Å². The van der Waals surface area contributed by atoms with Crippen molar-refractivity contribution in [2.75, 3.05) is 19.8 Å². The van der Waals surface area contributed by atoms with Gasteiger partial charge in [-0.15, -0.1) is 0 Å². The van der Waals surface area contributed by atoms with E-state index in [1.165, 1.54) is 0 Å². The van der Waals surface area contributed by atoms with Crippen LogP contribution in [0.2, 0.25) is 0 Å². The standard InChI is InChI=1S/C19H23NO3/c1-2-3-4-5-6-7-12-21-19-15-22-18(14-23-19)17-10-8-16(13-20)9-11-17/h4-11,18-19H,2-3,12,14-15H2,1H3/b5-4+,7-6+/t18-,19+/m1/s1. The number of nitriles is 1. The molecule has 122 valence electrons. The van der Waals surface area contributed by atoms with E-state index >= 15 is 0 Å². The average Bonchev–Trinajstić information content (AvgIpc) is 2.61. The molecule has 2 rings (SSSR count). The van der Waals surface area contributed by atoms with Crippen LogP contribution in [0.3, 0.4) is 0 Å². The van der Waals surface area contributed by atoms with Crippen molar-refractivity contribution in [1.82, 2.24) is 0 Å². The number of hydrogen-bond donors (Lipinski definition) is 0. The molecular formula is C19H23NO3. The van der Waals surface area contributed by atoms with Crippen LogP contribution in [0.25, 0.3) is 0 Å². The van der Waals surface area contributed by atoms with E-state index in [9.17, 15) is 0 Å². The monoisotopic (exact) mass is 313 g/mol. The van der Waals surface area contributed by atoms with Gasteiger partial charge in [0.1, 0.15) is 6.10 Å². The number of unbranched alkanes of at least 4 members (excludes halogenated alkanes) is 1. The Morgan fingerprint density at radius 2 is 1.96 bits per heavy atom. The molecule has 0 radical (unpaired) electrons. The van der Waals surface area contributed by atoms with Crippen LogP contribution in [-0.2, 0) is 14.2 Å². The second-order valence-corrected chi connectivity index (χ2v) is 5.30. The lowest BCUT2D eigenvalue weighted by atomic mass is 10.1. The Kier molecular flexibility index (Phi) is 7.55. The molecular weight excluding hydrogens is 290 g/mol. The summed E-state index contributed by atoms with van der Waals surface area (Å²) in [6, 6.07) is 9.49. The summed E-state index contributed by atoms with van der Waals surface area (Å²) in [4.78, 5) is 0. The van der Waals surface area contributed by atoms with Crippen molar-refractivity contribution >= 4 is 0 Å². The van der Waals surface area contributed by atoms with Gasteiger partial charge in [-0.25, -0.2) is 0 Å². The van der Waals surface area contributed by atoms with E-state index in [4.69, 9.17) is 19.5 Å². The average molecular weight is 313 g/mol. The van der Waals surface area contributed by atoms with Gasteiger partial charge in [-0.1, -0.05) is 49.8 Å². The lowest BCUT2D eigenvalue weighted by Gasteiger charge is -2.29. The van der Waals surface area contributed by atoms with Crippen LogP contribution < -0.4 is 0 Å². The molecule has 0 aliphatic carbocycles. The minimum Gasteiger partial charge on any atom is -0.366 e. The number of rotatable bonds is 7. The summed E-state index contributed by atoms with van der Waals surface area (Å²) >= 11 is 0. The highest BCUT2D eigenvalue weighted by atomic mass is 16.7. The summed E-state index contributed by atoms with van der Waals surface area (Å²) in [5.41, 5.74) is 1.66. The molecule has 2 atom stereocenters. The first-order chi connectivity index (χ1) is 11.3. The largest absolute Gasteiger partial charge is 0.366 e. The van der Waals surface area contributed by atoms with Crippen molar-refractivity contribution in [3.63, 3.8) is 0 Å². The van der Waals surface area contributed by atoms with Crippen LogP contribution in [0, 0.1) is 11.3 Å². The van der Waals surface area contributed by atoms with E-state index < -0.39 is 0 Å². The molecule has 0 unspecified atom stereocenters. The molecule has 0 saturated carbocycles. The molecule has 1 aromatic carbocycles. The molecule has 0 bridgehead atoms. The second-order valence-electron chi connectivity index (χ2n) is 5.30. The Morgan fingerprint density at radius 1 is 1.17 bits per heavy atom. The summed E-state index contributed by atoms with van der Waals surface area (Å²) in [6.45, 7) is 3.52. The minimum absolute atomic E-state index is 0.102. The highest BCUT2D eigenvalue weighted by Crippen LogP contribution is 2.23. The van der Waals surface area contributed by atoms with Crippen molar-refractivity contribution in [3.8, 4) is 6.07 Å². The first-order valence-electron chi connectivity index (χ1n) is 8.00. The third kappa shape index (κ3) is 5.99. The number of nitrogens with zero attached hydrogens (tertiary/aromatic N) is 1. The molecule has 0 spiro atoms. The van der Waals surface area contributed by atoms with E-state index in [-0.39, 0.29) is 12.4 Å². The molecule has 4 nitrogen and oxygen atoms in total. The van der Waals surface area contributed by atoms with Crippen molar-refractivity contribution < 1.29 is 14.2 Å². The molecule has 1 saturated heterocycles. The van der Waals surface area contributed by atoms with Crippen LogP contribution in [0.5, 0.6) is 0 Å².